The molecule has 0 aliphatic rings. The van der Waals surface area contributed by atoms with Crippen molar-refractivity contribution in [2.45, 2.75) is 19.4 Å². The Morgan fingerprint density at radius 1 is 1.18 bits per heavy atom. The minimum absolute atomic E-state index is 0.338. The van der Waals surface area contributed by atoms with Gasteiger partial charge >= 0.3 is 0 Å². The van der Waals surface area contributed by atoms with Gasteiger partial charge in [0.15, 0.2) is 0 Å². The number of benzene rings is 2. The average Bonchev–Trinajstić information content (AvgIpc) is 2.71. The zero-order valence-electron chi connectivity index (χ0n) is 15.6. The molecule has 3 rings (SSSR count). The van der Waals surface area contributed by atoms with Crippen molar-refractivity contribution in [2.24, 2.45) is 0 Å². The van der Waals surface area contributed by atoms with E-state index in [1.165, 1.54) is 17.9 Å². The summed E-state index contributed by atoms with van der Waals surface area (Å²) in [5.74, 6) is 0.170. The summed E-state index contributed by atoms with van der Waals surface area (Å²) in [6, 6.07) is 16.8. The molecule has 0 radical (unpaired) electrons. The number of aromatic nitrogens is 2. The van der Waals surface area contributed by atoms with E-state index in [9.17, 15) is 9.59 Å². The van der Waals surface area contributed by atoms with Crippen LogP contribution in [0.15, 0.2) is 65.5 Å². The van der Waals surface area contributed by atoms with Crippen molar-refractivity contribution in [1.29, 1.82) is 0 Å². The predicted octanol–water partition coefficient (Wildman–Crippen LogP) is 4.16. The summed E-state index contributed by atoms with van der Waals surface area (Å²) < 4.78 is 6.34. The maximum Gasteiger partial charge on any atom is 0.267 e. The number of carbonyl (C=O) groups is 1. The first kappa shape index (κ1) is 19.6. The largest absolute Gasteiger partial charge is 0.495 e. The molecule has 1 aromatic heterocycles. The summed E-state index contributed by atoms with van der Waals surface area (Å²) in [6.45, 7) is 1.83. The Kier molecular flexibility index (Phi) is 6.11. The molecule has 2 aromatic carbocycles. The highest BCUT2D eigenvalue weighted by atomic mass is 35.5. The fraction of sp³-hybridized carbons (Fsp3) is 0.190. The van der Waals surface area contributed by atoms with Crippen LogP contribution in [-0.4, -0.2) is 22.8 Å². The van der Waals surface area contributed by atoms with Gasteiger partial charge in [0.1, 0.15) is 11.8 Å². The van der Waals surface area contributed by atoms with Crippen LogP contribution in [0, 0.1) is 0 Å². The monoisotopic (exact) mass is 397 g/mol. The van der Waals surface area contributed by atoms with Crippen LogP contribution in [-0.2, 0) is 4.79 Å². The van der Waals surface area contributed by atoms with Gasteiger partial charge < -0.3 is 10.1 Å². The third kappa shape index (κ3) is 4.23. The second kappa shape index (κ2) is 8.71. The van der Waals surface area contributed by atoms with E-state index in [1.54, 1.807) is 24.3 Å². The smallest absolute Gasteiger partial charge is 0.267 e. The molecule has 28 heavy (non-hydrogen) atoms. The molecule has 0 saturated heterocycles. The Morgan fingerprint density at radius 2 is 1.93 bits per heavy atom. The molecule has 0 aliphatic carbocycles. The zero-order valence-corrected chi connectivity index (χ0v) is 16.3. The first-order chi connectivity index (χ1) is 13.5. The molecule has 1 amide bonds. The molecule has 0 aliphatic heterocycles. The number of halogens is 1. The van der Waals surface area contributed by atoms with Gasteiger partial charge in [-0.15, -0.1) is 0 Å². The average molecular weight is 398 g/mol. The van der Waals surface area contributed by atoms with Gasteiger partial charge in [-0.2, -0.15) is 5.10 Å². The number of nitrogens with one attached hydrogen (secondary N) is 1. The molecule has 1 N–H and O–H groups in total. The van der Waals surface area contributed by atoms with Gasteiger partial charge in [-0.1, -0.05) is 48.9 Å². The highest BCUT2D eigenvalue weighted by Crippen LogP contribution is 2.27. The molecular formula is C21H20ClN3O3. The van der Waals surface area contributed by atoms with Gasteiger partial charge in [0.2, 0.25) is 5.91 Å². The Hall–Kier alpha value is -3.12. The number of nitrogens with zero attached hydrogens (tertiary/aromatic N) is 2. The Morgan fingerprint density at radius 3 is 2.57 bits per heavy atom. The standard InChI is InChI=1S/C21H20ClN3O3/c1-3-18(21(27)23-15-9-11-19(28-2)16(22)13-15)25-20(26)12-10-17(24-25)14-7-5-4-6-8-14/h4-13,18H,3H2,1-2H3,(H,23,27)/t18-/m1/s1. The summed E-state index contributed by atoms with van der Waals surface area (Å²) in [4.78, 5) is 25.2. The molecule has 0 unspecified atom stereocenters. The molecule has 1 atom stereocenters. The molecule has 0 spiro atoms. The van der Waals surface area contributed by atoms with Crippen molar-refractivity contribution < 1.29 is 9.53 Å². The molecule has 0 saturated carbocycles. The minimum atomic E-state index is -0.753. The highest BCUT2D eigenvalue weighted by molar-refractivity contribution is 6.32. The Balaban J connectivity index is 1.89. The van der Waals surface area contributed by atoms with E-state index < -0.39 is 6.04 Å². The summed E-state index contributed by atoms with van der Waals surface area (Å²) in [6.07, 6.45) is 0.404. The second-order valence-electron chi connectivity index (χ2n) is 6.13. The van der Waals surface area contributed by atoms with E-state index >= 15 is 0 Å². The van der Waals surface area contributed by atoms with Crippen LogP contribution >= 0.6 is 11.6 Å². The summed E-state index contributed by atoms with van der Waals surface area (Å²) >= 11 is 6.11. The van der Waals surface area contributed by atoms with Gasteiger partial charge in [0.25, 0.3) is 5.56 Å². The SMILES string of the molecule is CC[C@H](C(=O)Nc1ccc(OC)c(Cl)c1)n1nc(-c2ccccc2)ccc1=O. The number of ether oxygens (including phenoxy) is 1. The topological polar surface area (TPSA) is 73.2 Å². The van der Waals surface area contributed by atoms with Crippen LogP contribution < -0.4 is 15.6 Å². The number of hydrogen-bond acceptors (Lipinski definition) is 4. The number of carbonyl (C=O) groups excluding carboxylic acids is 1. The van der Waals surface area contributed by atoms with Crippen molar-refractivity contribution >= 4 is 23.2 Å². The fourth-order valence-corrected chi connectivity index (χ4v) is 3.11. The lowest BCUT2D eigenvalue weighted by atomic mass is 10.1. The quantitative estimate of drug-likeness (QED) is 0.677. The van der Waals surface area contributed by atoms with E-state index in [0.717, 1.165) is 5.56 Å². The van der Waals surface area contributed by atoms with E-state index in [0.29, 0.717) is 28.6 Å². The molecule has 0 fully saturated rings. The molecule has 0 bridgehead atoms. The minimum Gasteiger partial charge on any atom is -0.495 e. The Bertz CT molecular complexity index is 1030. The molecule has 3 aromatic rings. The number of hydrogen-bond donors (Lipinski definition) is 1. The van der Waals surface area contributed by atoms with Crippen molar-refractivity contribution in [3.05, 3.63) is 76.0 Å². The van der Waals surface area contributed by atoms with Gasteiger partial charge in [0.05, 0.1) is 17.8 Å². The molecule has 6 nitrogen and oxygen atoms in total. The van der Waals surface area contributed by atoms with Crippen LogP contribution in [0.5, 0.6) is 5.75 Å². The first-order valence-electron chi connectivity index (χ1n) is 8.83. The maximum absolute atomic E-state index is 12.8. The van der Waals surface area contributed by atoms with Crippen LogP contribution in [0.4, 0.5) is 5.69 Å². The summed E-state index contributed by atoms with van der Waals surface area (Å²) in [7, 11) is 1.52. The van der Waals surface area contributed by atoms with Crippen molar-refractivity contribution in [3.8, 4) is 17.0 Å². The van der Waals surface area contributed by atoms with Crippen LogP contribution in [0.2, 0.25) is 5.02 Å². The van der Waals surface area contributed by atoms with E-state index in [-0.39, 0.29) is 11.5 Å². The maximum atomic E-state index is 12.8. The number of methoxy groups -OCH3 is 1. The zero-order chi connectivity index (χ0) is 20.1. The molecular weight excluding hydrogens is 378 g/mol. The second-order valence-corrected chi connectivity index (χ2v) is 6.54. The third-order valence-electron chi connectivity index (χ3n) is 4.30. The molecule has 7 heteroatoms. The molecule has 1 heterocycles. The van der Waals surface area contributed by atoms with E-state index in [2.05, 4.69) is 10.4 Å². The van der Waals surface area contributed by atoms with Gasteiger partial charge in [-0.05, 0) is 30.7 Å². The van der Waals surface area contributed by atoms with Gasteiger partial charge in [-0.3, -0.25) is 9.59 Å². The molecule has 144 valence electrons. The van der Waals surface area contributed by atoms with Crippen LogP contribution in [0.25, 0.3) is 11.3 Å². The first-order valence-corrected chi connectivity index (χ1v) is 9.21. The third-order valence-corrected chi connectivity index (χ3v) is 4.59. The fourth-order valence-electron chi connectivity index (χ4n) is 2.85. The predicted molar refractivity (Wildman–Crippen MR) is 110 cm³/mol. The summed E-state index contributed by atoms with van der Waals surface area (Å²) in [5.41, 5.74) is 1.67. The highest BCUT2D eigenvalue weighted by Gasteiger charge is 2.22. The van der Waals surface area contributed by atoms with E-state index in [1.807, 2.05) is 37.3 Å². The van der Waals surface area contributed by atoms with Crippen LogP contribution in [0.3, 0.4) is 0 Å². The van der Waals surface area contributed by atoms with Crippen molar-refractivity contribution in [1.82, 2.24) is 9.78 Å². The number of rotatable bonds is 6. The Labute approximate surface area is 167 Å². The number of amides is 1. The normalized spacial score (nSPS) is 11.7. The van der Waals surface area contributed by atoms with Gasteiger partial charge in [0, 0.05) is 17.3 Å². The van der Waals surface area contributed by atoms with Crippen molar-refractivity contribution in [2.75, 3.05) is 12.4 Å². The summed E-state index contributed by atoms with van der Waals surface area (Å²) in [5, 5.41) is 7.59. The van der Waals surface area contributed by atoms with E-state index in [4.69, 9.17) is 16.3 Å². The lowest BCUT2D eigenvalue weighted by Crippen LogP contribution is -2.34. The lowest BCUT2D eigenvalue weighted by Gasteiger charge is -2.18. The van der Waals surface area contributed by atoms with Gasteiger partial charge in [-0.25, -0.2) is 4.68 Å². The van der Waals surface area contributed by atoms with Crippen molar-refractivity contribution in [3.63, 3.8) is 0 Å². The van der Waals surface area contributed by atoms with Crippen LogP contribution in [0.1, 0.15) is 19.4 Å². The lowest BCUT2D eigenvalue weighted by molar-refractivity contribution is -0.119. The number of anilines is 1.